The van der Waals surface area contributed by atoms with E-state index in [1.807, 2.05) is 41.8 Å². The number of nitrogens with zero attached hydrogens (tertiary/aromatic N) is 1. The summed E-state index contributed by atoms with van der Waals surface area (Å²) < 4.78 is 22.5. The lowest BCUT2D eigenvalue weighted by Crippen LogP contribution is -2.16. The summed E-state index contributed by atoms with van der Waals surface area (Å²) in [5, 5.41) is 1.89. The summed E-state index contributed by atoms with van der Waals surface area (Å²) in [6.07, 6.45) is 3.00. The van der Waals surface area contributed by atoms with Crippen molar-refractivity contribution in [2.24, 2.45) is 0 Å². The molecule has 0 saturated carbocycles. The number of nitrogens with one attached hydrogen (secondary N) is 2. The van der Waals surface area contributed by atoms with Gasteiger partial charge in [0, 0.05) is 34.1 Å². The van der Waals surface area contributed by atoms with E-state index in [0.717, 1.165) is 16.6 Å². The molecule has 0 aliphatic rings. The topological polar surface area (TPSA) is 83.8 Å². The number of aromatic amines is 2. The van der Waals surface area contributed by atoms with Gasteiger partial charge < -0.3 is 19.0 Å². The third-order valence-electron chi connectivity index (χ3n) is 6.22. The Hall–Kier alpha value is -4.39. The fraction of sp³-hybridized carbons (Fsp3) is 0.0769. The van der Waals surface area contributed by atoms with Crippen LogP contribution in [-0.4, -0.2) is 14.5 Å². The van der Waals surface area contributed by atoms with Crippen molar-refractivity contribution in [2.75, 3.05) is 0 Å². The first-order valence-corrected chi connectivity index (χ1v) is 10.5. The third kappa shape index (κ3) is 2.86. The largest absolute Gasteiger partial charge is 0.463 e. The molecule has 0 spiro atoms. The normalized spacial score (nSPS) is 11.7. The van der Waals surface area contributed by atoms with Gasteiger partial charge in [-0.05, 0) is 48.7 Å². The predicted octanol–water partition coefficient (Wildman–Crippen LogP) is 5.08. The zero-order valence-corrected chi connectivity index (χ0v) is 17.6. The molecule has 0 fully saturated rings. The maximum atomic E-state index is 15.0. The number of para-hydroxylation sites is 1. The van der Waals surface area contributed by atoms with Gasteiger partial charge in [-0.2, -0.15) is 0 Å². The lowest BCUT2D eigenvalue weighted by Gasteiger charge is -2.10. The van der Waals surface area contributed by atoms with Crippen molar-refractivity contribution in [3.63, 3.8) is 0 Å². The van der Waals surface area contributed by atoms with Gasteiger partial charge in [0.1, 0.15) is 11.4 Å². The third-order valence-corrected chi connectivity index (χ3v) is 6.22. The first kappa shape index (κ1) is 19.3. The molecule has 162 valence electrons. The van der Waals surface area contributed by atoms with Crippen molar-refractivity contribution in [1.82, 2.24) is 14.5 Å². The summed E-state index contributed by atoms with van der Waals surface area (Å²) in [7, 11) is 0. The van der Waals surface area contributed by atoms with E-state index in [2.05, 4.69) is 9.97 Å². The lowest BCUT2D eigenvalue weighted by atomic mass is 10.0. The van der Waals surface area contributed by atoms with Gasteiger partial charge in [0.25, 0.3) is 11.1 Å². The number of benzene rings is 2. The molecule has 7 heteroatoms. The highest BCUT2D eigenvalue weighted by atomic mass is 19.1. The Morgan fingerprint density at radius 3 is 2.73 bits per heavy atom. The minimum Gasteiger partial charge on any atom is -0.463 e. The summed E-state index contributed by atoms with van der Waals surface area (Å²) in [5.74, 6) is -0.425. The molecule has 0 aliphatic carbocycles. The molecule has 0 amide bonds. The number of aromatic nitrogens is 3. The summed E-state index contributed by atoms with van der Waals surface area (Å²) in [6.45, 7) is 2.07. The van der Waals surface area contributed by atoms with Gasteiger partial charge >= 0.3 is 0 Å². The Morgan fingerprint density at radius 1 is 1.03 bits per heavy atom. The maximum absolute atomic E-state index is 15.0. The van der Waals surface area contributed by atoms with Crippen LogP contribution in [0.1, 0.15) is 11.3 Å². The van der Waals surface area contributed by atoms with Crippen LogP contribution in [0, 0.1) is 12.7 Å². The fourth-order valence-electron chi connectivity index (χ4n) is 4.66. The minimum atomic E-state index is -0.425. The molecule has 2 aromatic carbocycles. The predicted molar refractivity (Wildman–Crippen MR) is 126 cm³/mol. The SMILES string of the molecule is Cc1c(-c2ccc[nH]c2=O)c2c3occc3c(F)cc2n1Cc1cc2ccccc2[nH]c1=O. The molecule has 0 radical (unpaired) electrons. The quantitative estimate of drug-likeness (QED) is 0.403. The molecule has 0 bridgehead atoms. The van der Waals surface area contributed by atoms with Gasteiger partial charge in [0.15, 0.2) is 0 Å². The number of pyridine rings is 2. The van der Waals surface area contributed by atoms with Crippen LogP contribution in [-0.2, 0) is 6.54 Å². The average Bonchev–Trinajstić information content (AvgIpc) is 3.39. The van der Waals surface area contributed by atoms with Gasteiger partial charge in [-0.25, -0.2) is 4.39 Å². The van der Waals surface area contributed by atoms with Crippen LogP contribution in [0.4, 0.5) is 4.39 Å². The summed E-state index contributed by atoms with van der Waals surface area (Å²) in [6, 6.07) is 15.9. The maximum Gasteiger partial charge on any atom is 0.255 e. The van der Waals surface area contributed by atoms with E-state index in [9.17, 15) is 14.0 Å². The first-order valence-electron chi connectivity index (χ1n) is 10.5. The van der Waals surface area contributed by atoms with Crippen molar-refractivity contribution >= 4 is 32.8 Å². The van der Waals surface area contributed by atoms with Gasteiger partial charge in [-0.15, -0.1) is 0 Å². The standard InChI is InChI=1S/C26H18FN3O3/c1-14-22(18-6-4-9-28-26(18)32)23-21(12-19(27)17-8-10-33-24(17)23)30(14)13-16-11-15-5-2-3-7-20(15)29-25(16)31/h2-12H,13H2,1H3,(H,28,32)(H,29,31). The van der Waals surface area contributed by atoms with Crippen LogP contribution < -0.4 is 11.1 Å². The van der Waals surface area contributed by atoms with Crippen molar-refractivity contribution in [3.8, 4) is 11.1 Å². The number of hydrogen-bond acceptors (Lipinski definition) is 3. The van der Waals surface area contributed by atoms with E-state index in [-0.39, 0.29) is 17.7 Å². The lowest BCUT2D eigenvalue weighted by molar-refractivity contribution is 0.614. The molecule has 0 atom stereocenters. The van der Waals surface area contributed by atoms with E-state index < -0.39 is 5.82 Å². The van der Waals surface area contributed by atoms with Crippen molar-refractivity contribution in [1.29, 1.82) is 0 Å². The Bertz CT molecular complexity index is 1820. The number of hydrogen-bond donors (Lipinski definition) is 2. The van der Waals surface area contributed by atoms with E-state index in [1.165, 1.54) is 12.3 Å². The van der Waals surface area contributed by atoms with E-state index in [0.29, 0.717) is 38.6 Å². The highest BCUT2D eigenvalue weighted by molar-refractivity contribution is 6.12. The fourth-order valence-corrected chi connectivity index (χ4v) is 4.66. The Labute approximate surface area is 185 Å². The number of rotatable bonds is 3. The smallest absolute Gasteiger partial charge is 0.255 e. The molecule has 6 rings (SSSR count). The van der Waals surface area contributed by atoms with Gasteiger partial charge in [0.05, 0.1) is 29.1 Å². The number of H-pyrrole nitrogens is 2. The Morgan fingerprint density at radius 2 is 1.88 bits per heavy atom. The van der Waals surface area contributed by atoms with Crippen LogP contribution in [0.15, 0.2) is 81.1 Å². The molecule has 6 aromatic rings. The van der Waals surface area contributed by atoms with Crippen LogP contribution in [0.3, 0.4) is 0 Å². The first-order chi connectivity index (χ1) is 16.0. The van der Waals surface area contributed by atoms with E-state index in [1.54, 1.807) is 24.4 Å². The monoisotopic (exact) mass is 439 g/mol. The zero-order chi connectivity index (χ0) is 22.7. The molecule has 0 aliphatic heterocycles. The summed E-state index contributed by atoms with van der Waals surface area (Å²) in [5.41, 5.74) is 3.58. The highest BCUT2D eigenvalue weighted by Gasteiger charge is 2.23. The molecule has 6 nitrogen and oxygen atoms in total. The van der Waals surface area contributed by atoms with Crippen molar-refractivity contribution in [2.45, 2.75) is 13.5 Å². The molecule has 33 heavy (non-hydrogen) atoms. The van der Waals surface area contributed by atoms with Crippen LogP contribution >= 0.6 is 0 Å². The second kappa shape index (κ2) is 7.06. The summed E-state index contributed by atoms with van der Waals surface area (Å²) >= 11 is 0. The minimum absolute atomic E-state index is 0.207. The van der Waals surface area contributed by atoms with Crippen LogP contribution in [0.5, 0.6) is 0 Å². The Balaban J connectivity index is 1.68. The second-order valence-corrected chi connectivity index (χ2v) is 8.09. The molecule has 0 unspecified atom stereocenters. The molecular weight excluding hydrogens is 421 g/mol. The second-order valence-electron chi connectivity index (χ2n) is 8.09. The molecular formula is C26H18FN3O3. The number of fused-ring (bicyclic) bond motifs is 4. The molecule has 0 saturated heterocycles. The van der Waals surface area contributed by atoms with Gasteiger partial charge in [-0.1, -0.05) is 18.2 Å². The number of furan rings is 1. The summed E-state index contributed by atoms with van der Waals surface area (Å²) in [4.78, 5) is 31.2. The van der Waals surface area contributed by atoms with Crippen molar-refractivity contribution in [3.05, 3.63) is 105 Å². The Kier molecular flexibility index (Phi) is 4.13. The van der Waals surface area contributed by atoms with Gasteiger partial charge in [0.2, 0.25) is 0 Å². The van der Waals surface area contributed by atoms with Crippen molar-refractivity contribution < 1.29 is 8.81 Å². The molecule has 4 aromatic heterocycles. The molecule has 2 N–H and O–H groups in total. The van der Waals surface area contributed by atoms with Crippen LogP contribution in [0.25, 0.3) is 43.9 Å². The molecule has 4 heterocycles. The van der Waals surface area contributed by atoms with E-state index in [4.69, 9.17) is 4.42 Å². The van der Waals surface area contributed by atoms with Gasteiger partial charge in [-0.3, -0.25) is 9.59 Å². The van der Waals surface area contributed by atoms with Crippen LogP contribution in [0.2, 0.25) is 0 Å². The average molecular weight is 439 g/mol. The number of halogens is 1. The highest BCUT2D eigenvalue weighted by Crippen LogP contribution is 2.39. The zero-order valence-electron chi connectivity index (χ0n) is 17.6. The van der Waals surface area contributed by atoms with E-state index >= 15 is 0 Å².